The molecule has 0 bridgehead atoms. The van der Waals surface area contributed by atoms with Crippen molar-refractivity contribution in [1.29, 1.82) is 0 Å². The van der Waals surface area contributed by atoms with Gasteiger partial charge in [0.05, 0.1) is 6.85 Å². The number of ketones is 1. The standard InChI is InChI=1S/C20H28N2O4/c1-12(2)18(24)16(23)11-13(3)19(25)21-17-15-8-6-5-7-14(15)9-10-22(4)20(17)26/h5-8,12-13,17-18,24H,9-11H2,1-4H3,(H,21,25)/t13-,17+,18+/m1/s1/i5D,6D,7D,8D,18D. The van der Waals surface area contributed by atoms with Crippen LogP contribution in [0.5, 0.6) is 0 Å². The monoisotopic (exact) mass is 365 g/mol. The van der Waals surface area contributed by atoms with E-state index in [4.69, 9.17) is 6.85 Å². The van der Waals surface area contributed by atoms with E-state index in [-0.39, 0.29) is 30.1 Å². The molecule has 1 aliphatic rings. The molecule has 1 heterocycles. The van der Waals surface area contributed by atoms with Gasteiger partial charge in [0, 0.05) is 25.9 Å². The summed E-state index contributed by atoms with van der Waals surface area (Å²) in [6.07, 6.45) is -2.55. The number of carbonyl (C=O) groups is 3. The predicted octanol–water partition coefficient (Wildman–Crippen LogP) is 1.47. The molecule has 1 aromatic carbocycles. The minimum Gasteiger partial charge on any atom is -0.385 e. The lowest BCUT2D eigenvalue weighted by atomic mass is 9.94. The van der Waals surface area contributed by atoms with E-state index in [1.54, 1.807) is 0 Å². The van der Waals surface area contributed by atoms with Crippen LogP contribution in [0.2, 0.25) is 0 Å². The third-order valence-electron chi connectivity index (χ3n) is 4.47. The molecule has 0 unspecified atom stereocenters. The Bertz CT molecular complexity index is 920. The van der Waals surface area contributed by atoms with Gasteiger partial charge in [-0.2, -0.15) is 0 Å². The summed E-state index contributed by atoms with van der Waals surface area (Å²) >= 11 is 0. The molecule has 0 aliphatic carbocycles. The van der Waals surface area contributed by atoms with Crippen LogP contribution >= 0.6 is 0 Å². The molecule has 0 saturated carbocycles. The van der Waals surface area contributed by atoms with Crippen LogP contribution in [-0.4, -0.2) is 47.3 Å². The molecule has 6 heteroatoms. The molecule has 0 radical (unpaired) electrons. The minimum atomic E-state index is -2.33. The van der Waals surface area contributed by atoms with Gasteiger partial charge in [-0.1, -0.05) is 44.9 Å². The first-order valence-electron chi connectivity index (χ1n) is 11.1. The van der Waals surface area contributed by atoms with E-state index in [0.717, 1.165) is 0 Å². The van der Waals surface area contributed by atoms with Crippen molar-refractivity contribution in [3.63, 3.8) is 0 Å². The second-order valence-electron chi connectivity index (χ2n) is 6.91. The van der Waals surface area contributed by atoms with Crippen LogP contribution in [0.1, 0.15) is 51.2 Å². The van der Waals surface area contributed by atoms with E-state index in [2.05, 4.69) is 5.32 Å². The Kier molecular flexibility index (Phi) is 4.52. The zero-order valence-corrected chi connectivity index (χ0v) is 15.5. The highest BCUT2D eigenvalue weighted by atomic mass is 16.3. The molecule has 0 fully saturated rings. The number of likely N-dealkylation sites (N-methyl/N-ethyl adjacent to an activating group) is 1. The first-order valence-corrected chi connectivity index (χ1v) is 8.61. The average molecular weight is 365 g/mol. The number of nitrogens with one attached hydrogen (secondary N) is 1. The quantitative estimate of drug-likeness (QED) is 0.799. The molecule has 142 valence electrons. The number of amides is 2. The highest BCUT2D eigenvalue weighted by molar-refractivity contribution is 5.92. The van der Waals surface area contributed by atoms with Crippen molar-refractivity contribution in [2.45, 2.75) is 45.7 Å². The van der Waals surface area contributed by atoms with Crippen LogP contribution in [0.25, 0.3) is 0 Å². The van der Waals surface area contributed by atoms with Crippen LogP contribution in [0.4, 0.5) is 0 Å². The van der Waals surface area contributed by atoms with Crippen molar-refractivity contribution < 1.29 is 26.3 Å². The third-order valence-corrected chi connectivity index (χ3v) is 4.47. The Morgan fingerprint density at radius 2 is 2.04 bits per heavy atom. The fourth-order valence-corrected chi connectivity index (χ4v) is 2.74. The van der Waals surface area contributed by atoms with Gasteiger partial charge in [-0.3, -0.25) is 14.4 Å². The minimum absolute atomic E-state index is 0.0198. The normalized spacial score (nSPS) is 23.5. The first-order chi connectivity index (χ1) is 14.2. The van der Waals surface area contributed by atoms with Gasteiger partial charge in [0.25, 0.3) is 0 Å². The number of fused-ring (bicyclic) bond motifs is 1. The van der Waals surface area contributed by atoms with Gasteiger partial charge in [0.1, 0.15) is 12.1 Å². The highest BCUT2D eigenvalue weighted by Crippen LogP contribution is 2.25. The van der Waals surface area contributed by atoms with Crippen molar-refractivity contribution in [3.05, 3.63) is 35.3 Å². The van der Waals surface area contributed by atoms with Gasteiger partial charge in [-0.25, -0.2) is 0 Å². The number of rotatable bonds is 6. The van der Waals surface area contributed by atoms with Crippen molar-refractivity contribution in [3.8, 4) is 0 Å². The lowest BCUT2D eigenvalue weighted by Gasteiger charge is -2.24. The smallest absolute Gasteiger partial charge is 0.249 e. The zero-order chi connectivity index (χ0) is 23.8. The maximum absolute atomic E-state index is 12.9. The Balaban J connectivity index is 2.38. The molecule has 0 spiro atoms. The molecule has 2 rings (SSSR count). The number of aliphatic hydroxyl groups is 1. The maximum atomic E-state index is 12.9. The summed E-state index contributed by atoms with van der Waals surface area (Å²) < 4.78 is 40.0. The Morgan fingerprint density at radius 1 is 1.38 bits per heavy atom. The fraction of sp³-hybridized carbons (Fsp3) is 0.550. The molecular weight excluding hydrogens is 332 g/mol. The summed E-state index contributed by atoms with van der Waals surface area (Å²) in [6, 6.07) is -2.89. The second kappa shape index (κ2) is 8.45. The van der Waals surface area contributed by atoms with Crippen molar-refractivity contribution in [2.24, 2.45) is 11.8 Å². The van der Waals surface area contributed by atoms with Gasteiger partial charge < -0.3 is 15.3 Å². The summed E-state index contributed by atoms with van der Waals surface area (Å²) in [4.78, 5) is 39.3. The topological polar surface area (TPSA) is 86.7 Å². The van der Waals surface area contributed by atoms with E-state index >= 15 is 0 Å². The lowest BCUT2D eigenvalue weighted by molar-refractivity contribution is -0.137. The van der Waals surface area contributed by atoms with E-state index < -0.39 is 66.1 Å². The second-order valence-corrected chi connectivity index (χ2v) is 6.91. The molecule has 26 heavy (non-hydrogen) atoms. The van der Waals surface area contributed by atoms with Gasteiger partial charge in [-0.05, 0) is 23.5 Å². The number of Topliss-reactive ketones (excluding diaryl/α,β-unsaturated/α-hetero) is 1. The van der Waals surface area contributed by atoms with Crippen molar-refractivity contribution in [2.75, 3.05) is 13.6 Å². The predicted molar refractivity (Wildman–Crippen MR) is 98.3 cm³/mol. The number of carbonyl (C=O) groups excluding carboxylic acids is 3. The van der Waals surface area contributed by atoms with Gasteiger partial charge in [-0.15, -0.1) is 0 Å². The Labute approximate surface area is 161 Å². The van der Waals surface area contributed by atoms with E-state index in [1.807, 2.05) is 0 Å². The number of hydrogen-bond donors (Lipinski definition) is 2. The van der Waals surface area contributed by atoms with Crippen LogP contribution in [0.15, 0.2) is 24.2 Å². The molecule has 1 aliphatic heterocycles. The molecule has 2 amide bonds. The van der Waals surface area contributed by atoms with Gasteiger partial charge in [0.15, 0.2) is 5.78 Å². The molecule has 6 nitrogen and oxygen atoms in total. The van der Waals surface area contributed by atoms with Crippen LogP contribution in [0.3, 0.4) is 0 Å². The summed E-state index contributed by atoms with van der Waals surface area (Å²) in [7, 11) is 1.51. The van der Waals surface area contributed by atoms with Crippen molar-refractivity contribution in [1.82, 2.24) is 10.2 Å². The third kappa shape index (κ3) is 4.49. The number of nitrogens with zero attached hydrogens (tertiary/aromatic N) is 1. The summed E-state index contributed by atoms with van der Waals surface area (Å²) in [6.45, 7) is 4.67. The molecular formula is C20H28N2O4. The number of hydrogen-bond acceptors (Lipinski definition) is 4. The summed E-state index contributed by atoms with van der Waals surface area (Å²) in [5, 5.41) is 12.5. The molecule has 2 N–H and O–H groups in total. The van der Waals surface area contributed by atoms with Gasteiger partial charge in [0.2, 0.25) is 11.8 Å². The Morgan fingerprint density at radius 3 is 2.69 bits per heavy atom. The lowest BCUT2D eigenvalue weighted by Crippen LogP contribution is -2.43. The molecule has 3 atom stereocenters. The largest absolute Gasteiger partial charge is 0.385 e. The van der Waals surface area contributed by atoms with Gasteiger partial charge >= 0.3 is 0 Å². The van der Waals surface area contributed by atoms with Crippen LogP contribution in [-0.2, 0) is 20.8 Å². The Hall–Kier alpha value is -2.21. The summed E-state index contributed by atoms with van der Waals surface area (Å²) in [5.74, 6) is -3.69. The number of benzene rings is 1. The van der Waals surface area contributed by atoms with E-state index in [1.165, 1.54) is 32.7 Å². The first kappa shape index (κ1) is 13.9. The molecule has 0 saturated heterocycles. The van der Waals surface area contributed by atoms with E-state index in [0.29, 0.717) is 0 Å². The molecule has 1 aromatic rings. The zero-order valence-electron chi connectivity index (χ0n) is 20.5. The van der Waals surface area contributed by atoms with Crippen LogP contribution < -0.4 is 5.32 Å². The average Bonchev–Trinajstić information content (AvgIpc) is 2.82. The fourth-order valence-electron chi connectivity index (χ4n) is 2.74. The SMILES string of the molecule is [2H]c1c([2H])c([2H])c2c(c1[2H])CCN(C)C(=O)[C@H]2NC(=O)[C@H](C)CC(=O)[C@@]([2H])(O)C(C)C. The highest BCUT2D eigenvalue weighted by Gasteiger charge is 2.32. The molecule has 0 aromatic heterocycles. The van der Waals surface area contributed by atoms with Crippen LogP contribution in [0, 0.1) is 11.8 Å². The maximum Gasteiger partial charge on any atom is 0.249 e. The van der Waals surface area contributed by atoms with Crippen molar-refractivity contribution >= 4 is 17.6 Å². The summed E-state index contributed by atoms with van der Waals surface area (Å²) in [5.41, 5.74) is 0.282. The van der Waals surface area contributed by atoms with E-state index in [9.17, 15) is 19.5 Å².